The van der Waals surface area contributed by atoms with Crippen molar-refractivity contribution in [1.82, 2.24) is 5.32 Å². The molecule has 0 spiro atoms. The molecule has 1 saturated heterocycles. The zero-order chi connectivity index (χ0) is 20.1. The zero-order valence-corrected chi connectivity index (χ0v) is 15.5. The van der Waals surface area contributed by atoms with Crippen molar-refractivity contribution < 1.29 is 48.9 Å². The summed E-state index contributed by atoms with van der Waals surface area (Å²) >= 11 is 0. The molecule has 27 heavy (non-hydrogen) atoms. The van der Waals surface area contributed by atoms with Crippen LogP contribution in [0.1, 0.15) is 6.92 Å². The Morgan fingerprint density at radius 1 is 0.889 bits per heavy atom. The van der Waals surface area contributed by atoms with Crippen LogP contribution >= 0.6 is 0 Å². The van der Waals surface area contributed by atoms with E-state index in [0.29, 0.717) is 39.6 Å². The van der Waals surface area contributed by atoms with E-state index in [1.165, 1.54) is 6.92 Å². The van der Waals surface area contributed by atoms with E-state index in [-0.39, 0.29) is 19.1 Å². The van der Waals surface area contributed by atoms with Crippen LogP contribution in [0.25, 0.3) is 0 Å². The van der Waals surface area contributed by atoms with E-state index in [1.807, 2.05) is 0 Å². The van der Waals surface area contributed by atoms with Gasteiger partial charge >= 0.3 is 0 Å². The Kier molecular flexibility index (Phi) is 12.7. The number of carbonyl (C=O) groups excluding carboxylic acids is 1. The summed E-state index contributed by atoms with van der Waals surface area (Å²) in [5.41, 5.74) is 0. The Morgan fingerprint density at radius 2 is 1.44 bits per heavy atom. The summed E-state index contributed by atoms with van der Waals surface area (Å²) in [4.78, 5) is 10.6. The van der Waals surface area contributed by atoms with Gasteiger partial charge < -0.3 is 49.4 Å². The second kappa shape index (κ2) is 14.2. The molecule has 1 aliphatic heterocycles. The van der Waals surface area contributed by atoms with E-state index in [4.69, 9.17) is 28.8 Å². The van der Waals surface area contributed by atoms with E-state index in [0.717, 1.165) is 0 Å². The van der Waals surface area contributed by atoms with Crippen molar-refractivity contribution in [3.05, 3.63) is 0 Å². The minimum Gasteiger partial charge on any atom is -0.394 e. The Balaban J connectivity index is 1.94. The molecule has 0 radical (unpaired) electrons. The minimum absolute atomic E-state index is 0.0922. The van der Waals surface area contributed by atoms with Crippen LogP contribution in [0.5, 0.6) is 0 Å². The summed E-state index contributed by atoms with van der Waals surface area (Å²) in [5.74, 6) is -0.0949. The third kappa shape index (κ3) is 9.74. The number of hydrogen-bond acceptors (Lipinski definition) is 10. The van der Waals surface area contributed by atoms with Crippen molar-refractivity contribution in [3.63, 3.8) is 0 Å². The quantitative estimate of drug-likeness (QED) is 0.191. The van der Waals surface area contributed by atoms with Gasteiger partial charge in [0.1, 0.15) is 24.4 Å². The lowest BCUT2D eigenvalue weighted by molar-refractivity contribution is -0.302. The van der Waals surface area contributed by atoms with Crippen LogP contribution < -0.4 is 5.32 Å². The van der Waals surface area contributed by atoms with Gasteiger partial charge in [0.2, 0.25) is 5.91 Å². The van der Waals surface area contributed by atoms with Crippen LogP contribution in [0.4, 0.5) is 0 Å². The van der Waals surface area contributed by atoms with Crippen molar-refractivity contribution >= 4 is 5.91 Å². The maximum absolute atomic E-state index is 10.6. The fourth-order valence-electron chi connectivity index (χ4n) is 2.27. The molecule has 160 valence electrons. The average molecular weight is 397 g/mol. The molecule has 1 heterocycles. The predicted molar refractivity (Wildman–Crippen MR) is 90.9 cm³/mol. The van der Waals surface area contributed by atoms with Crippen molar-refractivity contribution in [2.24, 2.45) is 0 Å². The van der Waals surface area contributed by atoms with Gasteiger partial charge in [-0.1, -0.05) is 0 Å². The van der Waals surface area contributed by atoms with Gasteiger partial charge in [0, 0.05) is 13.5 Å². The molecule has 0 saturated carbocycles. The molecular formula is C16H31NO10. The summed E-state index contributed by atoms with van der Waals surface area (Å²) in [7, 11) is 0. The number of amides is 1. The molecule has 0 aromatic rings. The Hall–Kier alpha value is -0.890. The second-order valence-corrected chi connectivity index (χ2v) is 5.89. The maximum Gasteiger partial charge on any atom is 0.216 e. The Morgan fingerprint density at radius 3 is 2.00 bits per heavy atom. The van der Waals surface area contributed by atoms with Gasteiger partial charge in [-0.25, -0.2) is 0 Å². The molecule has 11 nitrogen and oxygen atoms in total. The minimum atomic E-state index is -1.46. The van der Waals surface area contributed by atoms with Crippen molar-refractivity contribution in [2.45, 2.75) is 37.6 Å². The summed E-state index contributed by atoms with van der Waals surface area (Å²) < 4.78 is 26.3. The third-order valence-corrected chi connectivity index (χ3v) is 3.72. The first-order valence-corrected chi connectivity index (χ1v) is 8.87. The lowest BCUT2D eigenvalue weighted by atomic mass is 9.99. The van der Waals surface area contributed by atoms with Crippen molar-refractivity contribution in [1.29, 1.82) is 0 Å². The largest absolute Gasteiger partial charge is 0.394 e. The third-order valence-electron chi connectivity index (χ3n) is 3.72. The first-order chi connectivity index (χ1) is 13.0. The molecule has 5 atom stereocenters. The van der Waals surface area contributed by atoms with Crippen molar-refractivity contribution in [3.8, 4) is 0 Å². The fourth-order valence-corrected chi connectivity index (χ4v) is 2.27. The van der Waals surface area contributed by atoms with Crippen LogP contribution in [-0.2, 0) is 28.5 Å². The fraction of sp³-hybridized carbons (Fsp3) is 0.938. The number of ether oxygens (including phenoxy) is 5. The van der Waals surface area contributed by atoms with Gasteiger partial charge in [-0.15, -0.1) is 0 Å². The molecule has 0 aromatic heterocycles. The van der Waals surface area contributed by atoms with E-state index in [9.17, 15) is 20.1 Å². The molecule has 5 N–H and O–H groups in total. The highest BCUT2D eigenvalue weighted by molar-refractivity contribution is 5.72. The normalized spacial score (nSPS) is 28.3. The Labute approximate surface area is 158 Å². The molecule has 0 unspecified atom stereocenters. The number of rotatable bonds is 14. The van der Waals surface area contributed by atoms with E-state index in [2.05, 4.69) is 5.32 Å². The predicted octanol–water partition coefficient (Wildman–Crippen LogP) is -3.01. The van der Waals surface area contributed by atoms with Gasteiger partial charge in [0.05, 0.1) is 52.9 Å². The second-order valence-electron chi connectivity index (χ2n) is 5.89. The Bertz CT molecular complexity index is 397. The van der Waals surface area contributed by atoms with Crippen LogP contribution in [0.2, 0.25) is 0 Å². The standard InChI is InChI=1S/C16H31NO10/c1-11(19)17-2-3-23-4-5-24-6-7-25-8-9-26-16-15(22)14(21)13(20)12(10-18)27-16/h12-16,18,20-22H,2-10H2,1H3,(H,17,19)/t12-,13-,14+,15+,16+/m1/s1. The number of aliphatic hydroxyl groups is 4. The lowest BCUT2D eigenvalue weighted by Gasteiger charge is -2.39. The van der Waals surface area contributed by atoms with E-state index >= 15 is 0 Å². The van der Waals surface area contributed by atoms with E-state index < -0.39 is 37.3 Å². The average Bonchev–Trinajstić information content (AvgIpc) is 2.65. The van der Waals surface area contributed by atoms with Gasteiger partial charge in [0.15, 0.2) is 6.29 Å². The summed E-state index contributed by atoms with van der Waals surface area (Å²) in [6.07, 6.45) is -6.45. The monoisotopic (exact) mass is 397 g/mol. The molecule has 1 rings (SSSR count). The molecule has 0 aromatic carbocycles. The molecule has 1 fully saturated rings. The van der Waals surface area contributed by atoms with Crippen LogP contribution in [-0.4, -0.2) is 116 Å². The van der Waals surface area contributed by atoms with Crippen LogP contribution in [0, 0.1) is 0 Å². The number of aliphatic hydroxyl groups excluding tert-OH is 4. The number of nitrogens with one attached hydrogen (secondary N) is 1. The van der Waals surface area contributed by atoms with Gasteiger partial charge in [-0.05, 0) is 0 Å². The lowest BCUT2D eigenvalue weighted by Crippen LogP contribution is -2.59. The first-order valence-electron chi connectivity index (χ1n) is 8.87. The molecule has 1 aliphatic rings. The summed E-state index contributed by atoms with van der Waals surface area (Å²) in [6, 6.07) is 0. The highest BCUT2D eigenvalue weighted by atomic mass is 16.7. The topological polar surface area (TPSA) is 156 Å². The highest BCUT2D eigenvalue weighted by Crippen LogP contribution is 2.21. The summed E-state index contributed by atoms with van der Waals surface area (Å²) in [6.45, 7) is 3.67. The highest BCUT2D eigenvalue weighted by Gasteiger charge is 2.43. The van der Waals surface area contributed by atoms with Gasteiger partial charge in [0.25, 0.3) is 0 Å². The molecule has 0 aliphatic carbocycles. The molecule has 1 amide bonds. The number of carbonyl (C=O) groups is 1. The van der Waals surface area contributed by atoms with E-state index in [1.54, 1.807) is 0 Å². The van der Waals surface area contributed by atoms with Crippen molar-refractivity contribution in [2.75, 3.05) is 59.4 Å². The maximum atomic E-state index is 10.6. The SMILES string of the molecule is CC(=O)NCCOCCOCCOCCO[C@H]1O[C@H](CO)[C@@H](O)[C@H](O)[C@@H]1O. The first kappa shape index (κ1) is 24.1. The smallest absolute Gasteiger partial charge is 0.216 e. The summed E-state index contributed by atoms with van der Waals surface area (Å²) in [5, 5.41) is 40.8. The molecule has 11 heteroatoms. The van der Waals surface area contributed by atoms with Crippen LogP contribution in [0.3, 0.4) is 0 Å². The molecular weight excluding hydrogens is 366 g/mol. The van der Waals surface area contributed by atoms with Gasteiger partial charge in [-0.3, -0.25) is 4.79 Å². The zero-order valence-electron chi connectivity index (χ0n) is 15.5. The molecule has 0 bridgehead atoms. The van der Waals surface area contributed by atoms with Crippen LogP contribution in [0.15, 0.2) is 0 Å². The van der Waals surface area contributed by atoms with Gasteiger partial charge in [-0.2, -0.15) is 0 Å². The number of hydrogen-bond donors (Lipinski definition) is 5.